The monoisotopic (exact) mass is 465 g/mol. The summed E-state index contributed by atoms with van der Waals surface area (Å²) < 4.78 is 0. The van der Waals surface area contributed by atoms with Crippen LogP contribution in [0.4, 0.5) is 5.69 Å². The molecule has 0 fully saturated rings. The number of H-pyrrole nitrogens is 1. The topological polar surface area (TPSA) is 90.1 Å². The number of anilines is 1. The number of carbonyl (C=O) groups excluding carboxylic acids is 2. The molecular weight excluding hydrogens is 438 g/mol. The number of benzene rings is 2. The van der Waals surface area contributed by atoms with E-state index in [1.807, 2.05) is 36.4 Å². The summed E-state index contributed by atoms with van der Waals surface area (Å²) in [6.45, 7) is 1.03. The minimum absolute atomic E-state index is 0.0480. The molecule has 0 unspecified atom stereocenters. The second-order valence-corrected chi connectivity index (χ2v) is 9.32. The summed E-state index contributed by atoms with van der Waals surface area (Å²) in [6, 6.07) is 13.9. The highest BCUT2D eigenvalue weighted by atomic mass is 16.2. The number of likely N-dealkylation sites (N-methyl/N-ethyl adjacent to an activating group) is 1. The number of allylic oxidation sites excluding steroid dienone is 1. The molecule has 1 aromatic heterocycles. The van der Waals surface area contributed by atoms with Crippen molar-refractivity contribution in [3.63, 3.8) is 0 Å². The Morgan fingerprint density at radius 3 is 2.97 bits per heavy atom. The first-order valence-corrected chi connectivity index (χ1v) is 12.0. The van der Waals surface area contributed by atoms with E-state index < -0.39 is 6.04 Å². The number of aromatic nitrogens is 2. The van der Waals surface area contributed by atoms with Gasteiger partial charge in [-0.25, -0.2) is 0 Å². The van der Waals surface area contributed by atoms with Crippen molar-refractivity contribution >= 4 is 34.0 Å². The molecule has 2 amide bonds. The van der Waals surface area contributed by atoms with E-state index in [1.165, 1.54) is 22.3 Å². The van der Waals surface area contributed by atoms with Gasteiger partial charge in [0.1, 0.15) is 6.04 Å². The fourth-order valence-corrected chi connectivity index (χ4v) is 5.50. The number of amides is 2. The first-order chi connectivity index (χ1) is 17.1. The van der Waals surface area contributed by atoms with Crippen molar-refractivity contribution in [3.8, 4) is 0 Å². The van der Waals surface area contributed by atoms with E-state index in [9.17, 15) is 9.59 Å². The summed E-state index contributed by atoms with van der Waals surface area (Å²) in [7, 11) is 1.64. The maximum absolute atomic E-state index is 13.8. The van der Waals surface area contributed by atoms with Gasteiger partial charge in [-0.2, -0.15) is 5.10 Å². The van der Waals surface area contributed by atoms with Gasteiger partial charge in [0.15, 0.2) is 0 Å². The van der Waals surface area contributed by atoms with Crippen molar-refractivity contribution < 1.29 is 9.59 Å². The minimum atomic E-state index is -0.511. The van der Waals surface area contributed by atoms with Crippen LogP contribution in [0.1, 0.15) is 24.0 Å². The Labute approximate surface area is 203 Å². The van der Waals surface area contributed by atoms with Gasteiger partial charge in [0.05, 0.1) is 11.7 Å². The smallest absolute Gasteiger partial charge is 0.251 e. The molecule has 176 valence electrons. The van der Waals surface area contributed by atoms with Crippen molar-refractivity contribution in [1.82, 2.24) is 20.4 Å². The number of nitrogens with zero attached hydrogens (tertiary/aromatic N) is 2. The van der Waals surface area contributed by atoms with Crippen molar-refractivity contribution in [3.05, 3.63) is 88.7 Å². The lowest BCUT2D eigenvalue weighted by atomic mass is 9.91. The molecule has 0 saturated heterocycles. The summed E-state index contributed by atoms with van der Waals surface area (Å²) in [5.41, 5.74) is 8.67. The van der Waals surface area contributed by atoms with E-state index in [4.69, 9.17) is 0 Å². The number of carbonyl (C=O) groups is 2. The van der Waals surface area contributed by atoms with E-state index in [2.05, 4.69) is 39.0 Å². The van der Waals surface area contributed by atoms with Gasteiger partial charge in [0, 0.05) is 43.2 Å². The summed E-state index contributed by atoms with van der Waals surface area (Å²) in [5.74, 6) is -0.165. The van der Waals surface area contributed by atoms with Gasteiger partial charge < -0.3 is 15.5 Å². The molecule has 1 atom stereocenters. The van der Waals surface area contributed by atoms with Crippen LogP contribution in [0.25, 0.3) is 16.5 Å². The van der Waals surface area contributed by atoms with Crippen molar-refractivity contribution in [2.45, 2.75) is 25.3 Å². The number of hydrogen-bond donors (Lipinski definition) is 3. The lowest BCUT2D eigenvalue weighted by Crippen LogP contribution is -2.52. The van der Waals surface area contributed by atoms with Crippen molar-refractivity contribution in [1.29, 1.82) is 0 Å². The Morgan fingerprint density at radius 2 is 2.09 bits per heavy atom. The Morgan fingerprint density at radius 1 is 1.20 bits per heavy atom. The molecular formula is C28H27N5O2. The van der Waals surface area contributed by atoms with Crippen LogP contribution in [0, 0.1) is 0 Å². The SMILES string of the molecule is CNC(=O)[C@H]1CC2=C(Cc3ccccc32)CN1C(=O)C1=C(CNc2ccc3[nH]ncc3c2)C=CC1. The number of rotatable bonds is 5. The molecule has 3 aliphatic rings. The molecule has 2 aliphatic carbocycles. The number of nitrogens with one attached hydrogen (secondary N) is 3. The van der Waals surface area contributed by atoms with Crippen LogP contribution in [0.15, 0.2) is 77.5 Å². The van der Waals surface area contributed by atoms with Crippen LogP contribution in [0.2, 0.25) is 0 Å². The predicted molar refractivity (Wildman–Crippen MR) is 137 cm³/mol. The van der Waals surface area contributed by atoms with Crippen LogP contribution in [0.5, 0.6) is 0 Å². The second-order valence-electron chi connectivity index (χ2n) is 9.32. The third-order valence-corrected chi connectivity index (χ3v) is 7.33. The maximum Gasteiger partial charge on any atom is 0.251 e. The zero-order valence-electron chi connectivity index (χ0n) is 19.6. The molecule has 35 heavy (non-hydrogen) atoms. The molecule has 0 bridgehead atoms. The van der Waals surface area contributed by atoms with Crippen LogP contribution in [-0.4, -0.2) is 53.1 Å². The Balaban J connectivity index is 1.25. The fraction of sp³-hybridized carbons (Fsp3) is 0.250. The van der Waals surface area contributed by atoms with Gasteiger partial charge in [-0.1, -0.05) is 36.4 Å². The Bertz CT molecular complexity index is 1440. The fourth-order valence-electron chi connectivity index (χ4n) is 5.50. The second kappa shape index (κ2) is 8.58. The zero-order chi connectivity index (χ0) is 23.9. The molecule has 3 aromatic rings. The third-order valence-electron chi connectivity index (χ3n) is 7.33. The third kappa shape index (κ3) is 3.73. The van der Waals surface area contributed by atoms with Gasteiger partial charge in [0.2, 0.25) is 5.91 Å². The summed E-state index contributed by atoms with van der Waals surface area (Å²) in [5, 5.41) is 14.3. The average Bonchev–Trinajstić information content (AvgIpc) is 3.63. The highest BCUT2D eigenvalue weighted by molar-refractivity contribution is 6.00. The van der Waals surface area contributed by atoms with E-state index >= 15 is 0 Å². The van der Waals surface area contributed by atoms with Gasteiger partial charge in [-0.05, 0) is 58.9 Å². The predicted octanol–water partition coefficient (Wildman–Crippen LogP) is 3.59. The van der Waals surface area contributed by atoms with Crippen LogP contribution in [0.3, 0.4) is 0 Å². The largest absolute Gasteiger partial charge is 0.381 e. The molecule has 6 rings (SSSR count). The highest BCUT2D eigenvalue weighted by Crippen LogP contribution is 2.41. The van der Waals surface area contributed by atoms with E-state index in [-0.39, 0.29) is 11.8 Å². The first kappa shape index (κ1) is 21.4. The molecule has 0 spiro atoms. The molecule has 1 aliphatic heterocycles. The van der Waals surface area contributed by atoms with Crippen LogP contribution < -0.4 is 10.6 Å². The summed E-state index contributed by atoms with van der Waals surface area (Å²) >= 11 is 0. The molecule has 3 N–H and O–H groups in total. The minimum Gasteiger partial charge on any atom is -0.381 e. The molecule has 0 radical (unpaired) electrons. The summed E-state index contributed by atoms with van der Waals surface area (Å²) in [4.78, 5) is 28.5. The quantitative estimate of drug-likeness (QED) is 0.537. The van der Waals surface area contributed by atoms with Crippen LogP contribution >= 0.6 is 0 Å². The lowest BCUT2D eigenvalue weighted by molar-refractivity contribution is -0.137. The van der Waals surface area contributed by atoms with Gasteiger partial charge >= 0.3 is 0 Å². The molecule has 7 heteroatoms. The van der Waals surface area contributed by atoms with E-state index in [0.29, 0.717) is 25.9 Å². The van der Waals surface area contributed by atoms with Crippen molar-refractivity contribution in [2.24, 2.45) is 0 Å². The van der Waals surface area contributed by atoms with Gasteiger partial charge in [-0.15, -0.1) is 0 Å². The van der Waals surface area contributed by atoms with E-state index in [0.717, 1.165) is 34.2 Å². The highest BCUT2D eigenvalue weighted by Gasteiger charge is 2.39. The maximum atomic E-state index is 13.8. The number of aromatic amines is 1. The lowest BCUT2D eigenvalue weighted by Gasteiger charge is -2.36. The number of hydrogen-bond acceptors (Lipinski definition) is 4. The van der Waals surface area contributed by atoms with Crippen LogP contribution in [-0.2, 0) is 16.0 Å². The molecule has 7 nitrogen and oxygen atoms in total. The standard InChI is InChI=1S/C28H27N5O2/c1-29-27(34)26-13-24-20(11-17-5-2-3-7-22(17)24)16-33(26)28(35)23-8-4-6-18(23)14-30-21-9-10-25-19(12-21)15-31-32-25/h2-7,9-10,12,15,26,30H,8,11,13-14,16H2,1H3,(H,29,34)(H,31,32)/t26-/m1/s1. The Hall–Kier alpha value is -4.13. The normalized spacial score (nSPS) is 18.8. The average molecular weight is 466 g/mol. The van der Waals surface area contributed by atoms with E-state index in [1.54, 1.807) is 18.1 Å². The van der Waals surface area contributed by atoms with Gasteiger partial charge in [0.25, 0.3) is 5.91 Å². The van der Waals surface area contributed by atoms with Crippen molar-refractivity contribution in [2.75, 3.05) is 25.5 Å². The Kier molecular flexibility index (Phi) is 5.25. The summed E-state index contributed by atoms with van der Waals surface area (Å²) in [6.07, 6.45) is 7.82. The first-order valence-electron chi connectivity index (χ1n) is 12.0. The molecule has 2 heterocycles. The van der Waals surface area contributed by atoms with Gasteiger partial charge in [-0.3, -0.25) is 14.7 Å². The number of fused-ring (bicyclic) bond motifs is 3. The zero-order valence-corrected chi connectivity index (χ0v) is 19.6. The molecule has 2 aromatic carbocycles. The molecule has 0 saturated carbocycles.